The fourth-order valence-electron chi connectivity index (χ4n) is 2.72. The molecule has 148 valence electrons. The Kier molecular flexibility index (Phi) is 5.73. The van der Waals surface area contributed by atoms with Crippen LogP contribution in [0.25, 0.3) is 11.1 Å². The standard InChI is InChI=1S/C21H19FN4O3/c1-4-20(27)25-14-5-6-18(29-19-7-8-24-11-16(19)22)15(10-14)13-9-17(23-2)21(28)26(3)12-13/h4-12,23H,1H2,2-3H3,(H,25,27). The van der Waals surface area contributed by atoms with Crippen molar-refractivity contribution in [3.63, 3.8) is 0 Å². The molecule has 29 heavy (non-hydrogen) atoms. The number of anilines is 2. The minimum Gasteiger partial charge on any atom is -0.454 e. The first-order valence-electron chi connectivity index (χ1n) is 8.66. The summed E-state index contributed by atoms with van der Waals surface area (Å²) in [6, 6.07) is 7.98. The number of hydrogen-bond acceptors (Lipinski definition) is 5. The van der Waals surface area contributed by atoms with Gasteiger partial charge in [0.25, 0.3) is 5.56 Å². The van der Waals surface area contributed by atoms with Crippen LogP contribution < -0.4 is 20.9 Å². The van der Waals surface area contributed by atoms with E-state index in [1.165, 1.54) is 16.8 Å². The second-order valence-electron chi connectivity index (χ2n) is 6.12. The lowest BCUT2D eigenvalue weighted by Gasteiger charge is -2.15. The Morgan fingerprint density at radius 1 is 1.28 bits per heavy atom. The molecular weight excluding hydrogens is 375 g/mol. The van der Waals surface area contributed by atoms with Crippen molar-refractivity contribution >= 4 is 17.3 Å². The van der Waals surface area contributed by atoms with E-state index in [9.17, 15) is 14.0 Å². The van der Waals surface area contributed by atoms with E-state index in [2.05, 4.69) is 22.2 Å². The van der Waals surface area contributed by atoms with Crippen LogP contribution in [0.15, 0.2) is 66.4 Å². The summed E-state index contributed by atoms with van der Waals surface area (Å²) in [5.41, 5.74) is 1.86. The van der Waals surface area contributed by atoms with Gasteiger partial charge in [0.05, 0.1) is 6.20 Å². The van der Waals surface area contributed by atoms with Gasteiger partial charge >= 0.3 is 0 Å². The smallest absolute Gasteiger partial charge is 0.273 e. The predicted molar refractivity (Wildman–Crippen MR) is 110 cm³/mol. The van der Waals surface area contributed by atoms with Crippen molar-refractivity contribution in [2.45, 2.75) is 0 Å². The molecule has 1 amide bonds. The maximum Gasteiger partial charge on any atom is 0.273 e. The molecule has 0 spiro atoms. The summed E-state index contributed by atoms with van der Waals surface area (Å²) >= 11 is 0. The topological polar surface area (TPSA) is 85.2 Å². The summed E-state index contributed by atoms with van der Waals surface area (Å²) in [7, 11) is 3.27. The third-order valence-electron chi connectivity index (χ3n) is 4.15. The van der Waals surface area contributed by atoms with E-state index in [-0.39, 0.29) is 17.2 Å². The van der Waals surface area contributed by atoms with Crippen LogP contribution in [0.3, 0.4) is 0 Å². The van der Waals surface area contributed by atoms with Crippen LogP contribution in [0.2, 0.25) is 0 Å². The predicted octanol–water partition coefficient (Wildman–Crippen LogP) is 3.54. The molecule has 0 unspecified atom stereocenters. The molecule has 0 aliphatic heterocycles. The number of aromatic nitrogens is 2. The summed E-state index contributed by atoms with van der Waals surface area (Å²) in [5, 5.41) is 5.53. The highest BCUT2D eigenvalue weighted by Crippen LogP contribution is 2.36. The Hall–Kier alpha value is -3.94. The highest BCUT2D eigenvalue weighted by atomic mass is 19.1. The summed E-state index contributed by atoms with van der Waals surface area (Å²) in [4.78, 5) is 27.6. The molecule has 3 rings (SSSR count). The van der Waals surface area contributed by atoms with Crippen LogP contribution in [0.4, 0.5) is 15.8 Å². The Morgan fingerprint density at radius 2 is 2.07 bits per heavy atom. The Bertz CT molecular complexity index is 1140. The minimum absolute atomic E-state index is 0.00258. The molecule has 0 radical (unpaired) electrons. The van der Waals surface area contributed by atoms with Gasteiger partial charge in [0.15, 0.2) is 11.6 Å². The maximum atomic E-state index is 14.0. The average Bonchev–Trinajstić information content (AvgIpc) is 2.72. The molecule has 0 bridgehead atoms. The number of carbonyl (C=O) groups is 1. The van der Waals surface area contributed by atoms with Crippen LogP contribution in [0.1, 0.15) is 0 Å². The maximum absolute atomic E-state index is 14.0. The summed E-state index contributed by atoms with van der Waals surface area (Å²) in [5.74, 6) is -0.643. The number of hydrogen-bond donors (Lipinski definition) is 2. The second-order valence-corrected chi connectivity index (χ2v) is 6.12. The number of aryl methyl sites for hydroxylation is 1. The zero-order valence-electron chi connectivity index (χ0n) is 15.9. The molecule has 0 fully saturated rings. The molecule has 2 heterocycles. The molecule has 3 aromatic rings. The van der Waals surface area contributed by atoms with Crippen LogP contribution in [0, 0.1) is 5.82 Å². The lowest BCUT2D eigenvalue weighted by molar-refractivity contribution is -0.111. The van der Waals surface area contributed by atoms with Crippen LogP contribution in [-0.2, 0) is 11.8 Å². The zero-order valence-corrected chi connectivity index (χ0v) is 15.9. The van der Waals surface area contributed by atoms with Gasteiger partial charge in [0.1, 0.15) is 11.4 Å². The van der Waals surface area contributed by atoms with Crippen LogP contribution in [-0.4, -0.2) is 22.5 Å². The minimum atomic E-state index is -0.612. The third kappa shape index (κ3) is 4.32. The van der Waals surface area contributed by atoms with Crippen LogP contribution in [0.5, 0.6) is 11.5 Å². The first kappa shape index (κ1) is 19.8. The number of carbonyl (C=O) groups excluding carboxylic acids is 1. The Balaban J connectivity index is 2.15. The molecule has 8 heteroatoms. The average molecular weight is 394 g/mol. The van der Waals surface area contributed by atoms with E-state index in [1.54, 1.807) is 44.6 Å². The van der Waals surface area contributed by atoms with Crippen molar-refractivity contribution in [3.8, 4) is 22.6 Å². The van der Waals surface area contributed by atoms with E-state index >= 15 is 0 Å². The molecule has 0 aliphatic carbocycles. The number of nitrogens with zero attached hydrogens (tertiary/aromatic N) is 2. The van der Waals surface area contributed by atoms with Crippen molar-refractivity contribution in [2.24, 2.45) is 7.05 Å². The van der Waals surface area contributed by atoms with E-state index < -0.39 is 5.82 Å². The molecule has 1 aromatic carbocycles. The summed E-state index contributed by atoms with van der Waals surface area (Å²) in [6.07, 6.45) is 5.26. The molecule has 0 aliphatic rings. The number of pyridine rings is 2. The van der Waals surface area contributed by atoms with Gasteiger partial charge in [-0.25, -0.2) is 4.39 Å². The number of rotatable bonds is 6. The van der Waals surface area contributed by atoms with Gasteiger partial charge in [-0.05, 0) is 30.3 Å². The number of ether oxygens (including phenoxy) is 1. The fourth-order valence-corrected chi connectivity index (χ4v) is 2.72. The zero-order chi connectivity index (χ0) is 21.0. The van der Waals surface area contributed by atoms with Gasteiger partial charge in [0, 0.05) is 49.4 Å². The SMILES string of the molecule is C=CC(=O)Nc1ccc(Oc2ccncc2F)c(-c2cc(NC)c(=O)n(C)c2)c1. The highest BCUT2D eigenvalue weighted by molar-refractivity contribution is 5.99. The largest absolute Gasteiger partial charge is 0.454 e. The quantitative estimate of drug-likeness (QED) is 0.625. The molecule has 0 saturated heterocycles. The van der Waals surface area contributed by atoms with Crippen molar-refractivity contribution in [1.82, 2.24) is 9.55 Å². The molecule has 2 N–H and O–H groups in total. The molecular formula is C21H19FN4O3. The summed E-state index contributed by atoms with van der Waals surface area (Å²) < 4.78 is 21.2. The highest BCUT2D eigenvalue weighted by Gasteiger charge is 2.14. The Labute approximate surface area is 166 Å². The van der Waals surface area contributed by atoms with Gasteiger partial charge in [0.2, 0.25) is 5.91 Å². The van der Waals surface area contributed by atoms with Crippen LogP contribution >= 0.6 is 0 Å². The van der Waals surface area contributed by atoms with Gasteiger partial charge < -0.3 is 19.9 Å². The molecule has 0 saturated carbocycles. The molecule has 7 nitrogen and oxygen atoms in total. The Morgan fingerprint density at radius 3 is 2.76 bits per heavy atom. The summed E-state index contributed by atoms with van der Waals surface area (Å²) in [6.45, 7) is 3.43. The number of amides is 1. The van der Waals surface area contributed by atoms with E-state index in [0.717, 1.165) is 12.3 Å². The van der Waals surface area contributed by atoms with Gasteiger partial charge in [-0.1, -0.05) is 6.58 Å². The first-order chi connectivity index (χ1) is 13.9. The third-order valence-corrected chi connectivity index (χ3v) is 4.15. The monoisotopic (exact) mass is 394 g/mol. The van der Waals surface area contributed by atoms with E-state index in [4.69, 9.17) is 4.74 Å². The number of benzene rings is 1. The lowest BCUT2D eigenvalue weighted by Crippen LogP contribution is -2.19. The van der Waals surface area contributed by atoms with Gasteiger partial charge in [-0.2, -0.15) is 0 Å². The number of nitrogens with one attached hydrogen (secondary N) is 2. The normalized spacial score (nSPS) is 10.3. The second kappa shape index (κ2) is 8.39. The van der Waals surface area contributed by atoms with Crippen molar-refractivity contribution in [1.29, 1.82) is 0 Å². The first-order valence-corrected chi connectivity index (χ1v) is 8.66. The lowest BCUT2D eigenvalue weighted by atomic mass is 10.0. The van der Waals surface area contributed by atoms with Gasteiger partial charge in [-0.3, -0.25) is 14.6 Å². The van der Waals surface area contributed by atoms with Gasteiger partial charge in [-0.15, -0.1) is 0 Å². The van der Waals surface area contributed by atoms with E-state index in [1.807, 2.05) is 0 Å². The van der Waals surface area contributed by atoms with E-state index in [0.29, 0.717) is 28.3 Å². The molecule has 0 atom stereocenters. The molecule has 2 aromatic heterocycles. The van der Waals surface area contributed by atoms with Crippen molar-refractivity contribution in [3.05, 3.63) is 77.7 Å². The fraction of sp³-hybridized carbons (Fsp3) is 0.0952. The number of halogens is 1. The van der Waals surface area contributed by atoms with Crippen molar-refractivity contribution < 1.29 is 13.9 Å². The van der Waals surface area contributed by atoms with Crippen molar-refractivity contribution in [2.75, 3.05) is 17.7 Å².